The van der Waals surface area contributed by atoms with E-state index < -0.39 is 0 Å². The molecule has 2 rings (SSSR count). The smallest absolute Gasteiger partial charge is 0.224 e. The van der Waals surface area contributed by atoms with E-state index in [4.69, 9.17) is 16.3 Å². The van der Waals surface area contributed by atoms with E-state index in [2.05, 4.69) is 10.6 Å². The summed E-state index contributed by atoms with van der Waals surface area (Å²) in [6.45, 7) is 3.31. The Labute approximate surface area is 143 Å². The van der Waals surface area contributed by atoms with Crippen molar-refractivity contribution >= 4 is 29.9 Å². The van der Waals surface area contributed by atoms with Gasteiger partial charge in [0.05, 0.1) is 13.0 Å². The minimum Gasteiger partial charge on any atom is -0.384 e. The van der Waals surface area contributed by atoms with E-state index in [0.29, 0.717) is 24.6 Å². The zero-order valence-electron chi connectivity index (χ0n) is 12.9. The topological polar surface area (TPSA) is 50.4 Å². The van der Waals surface area contributed by atoms with Crippen LogP contribution in [0.4, 0.5) is 0 Å². The number of rotatable bonds is 6. The Morgan fingerprint density at radius 2 is 2.14 bits per heavy atom. The van der Waals surface area contributed by atoms with Gasteiger partial charge in [0.1, 0.15) is 0 Å². The summed E-state index contributed by atoms with van der Waals surface area (Å²) in [6.07, 6.45) is 2.42. The monoisotopic (exact) mass is 346 g/mol. The van der Waals surface area contributed by atoms with Crippen LogP contribution in [0.5, 0.6) is 0 Å². The molecule has 1 aromatic carbocycles. The van der Waals surface area contributed by atoms with Crippen molar-refractivity contribution in [3.8, 4) is 0 Å². The first-order chi connectivity index (χ1) is 10.1. The third-order valence-corrected chi connectivity index (χ3v) is 4.26. The maximum atomic E-state index is 12.1. The predicted octanol–water partition coefficient (Wildman–Crippen LogP) is 2.44. The van der Waals surface area contributed by atoms with Crippen LogP contribution in [-0.2, 0) is 16.0 Å². The van der Waals surface area contributed by atoms with E-state index in [-0.39, 0.29) is 23.7 Å². The number of amides is 1. The Kier molecular flexibility index (Phi) is 8.18. The molecule has 124 valence electrons. The molecule has 2 N–H and O–H groups in total. The first-order valence-corrected chi connectivity index (χ1v) is 7.72. The highest BCUT2D eigenvalue weighted by Gasteiger charge is 2.32. The molecule has 0 unspecified atom stereocenters. The van der Waals surface area contributed by atoms with Gasteiger partial charge in [0, 0.05) is 24.1 Å². The van der Waals surface area contributed by atoms with Crippen LogP contribution < -0.4 is 10.6 Å². The molecule has 0 saturated carbocycles. The molecule has 1 aliphatic heterocycles. The molecule has 1 saturated heterocycles. The molecule has 4 nitrogen and oxygen atoms in total. The van der Waals surface area contributed by atoms with Crippen molar-refractivity contribution in [3.05, 3.63) is 34.9 Å². The molecule has 0 atom stereocenters. The number of halogens is 2. The van der Waals surface area contributed by atoms with Gasteiger partial charge in [0.25, 0.3) is 0 Å². The number of carbonyl (C=O) groups excluding carboxylic acids is 1. The molecular formula is C16H24Cl2N2O2. The summed E-state index contributed by atoms with van der Waals surface area (Å²) >= 11 is 5.94. The van der Waals surface area contributed by atoms with E-state index in [9.17, 15) is 4.79 Å². The van der Waals surface area contributed by atoms with Crippen LogP contribution in [0.15, 0.2) is 24.3 Å². The fourth-order valence-electron chi connectivity index (χ4n) is 2.82. The second-order valence-electron chi connectivity index (χ2n) is 5.77. The van der Waals surface area contributed by atoms with Gasteiger partial charge in [-0.2, -0.15) is 0 Å². The van der Waals surface area contributed by atoms with Crippen LogP contribution in [0, 0.1) is 5.41 Å². The summed E-state index contributed by atoms with van der Waals surface area (Å²) in [5, 5.41) is 7.07. The van der Waals surface area contributed by atoms with Gasteiger partial charge < -0.3 is 15.4 Å². The fraction of sp³-hybridized carbons (Fsp3) is 0.562. The van der Waals surface area contributed by atoms with Crippen molar-refractivity contribution in [3.63, 3.8) is 0 Å². The number of carbonyl (C=O) groups is 1. The maximum absolute atomic E-state index is 12.1. The second-order valence-corrected chi connectivity index (χ2v) is 6.20. The lowest BCUT2D eigenvalue weighted by atomic mass is 9.79. The third-order valence-electron chi connectivity index (χ3n) is 4.03. The first-order valence-electron chi connectivity index (χ1n) is 7.34. The second kappa shape index (κ2) is 9.36. The lowest BCUT2D eigenvalue weighted by molar-refractivity contribution is -0.121. The number of nitrogens with one attached hydrogen (secondary N) is 2. The van der Waals surface area contributed by atoms with Gasteiger partial charge in [-0.3, -0.25) is 4.79 Å². The Morgan fingerprint density at radius 1 is 1.41 bits per heavy atom. The molecule has 22 heavy (non-hydrogen) atoms. The Balaban J connectivity index is 0.00000242. The van der Waals surface area contributed by atoms with E-state index in [1.165, 1.54) is 0 Å². The van der Waals surface area contributed by atoms with Crippen molar-refractivity contribution in [1.29, 1.82) is 0 Å². The minimum atomic E-state index is 0. The third kappa shape index (κ3) is 5.76. The fourth-order valence-corrected chi connectivity index (χ4v) is 3.03. The first kappa shape index (κ1) is 19.2. The molecular weight excluding hydrogens is 323 g/mol. The van der Waals surface area contributed by atoms with Gasteiger partial charge in [-0.05, 0) is 43.6 Å². The summed E-state index contributed by atoms with van der Waals surface area (Å²) < 4.78 is 5.35. The molecule has 6 heteroatoms. The SMILES string of the molecule is COCC1(CNC(=O)Cc2cccc(Cl)c2)CCNCC1.Cl. The molecule has 0 radical (unpaired) electrons. The van der Waals surface area contributed by atoms with E-state index in [1.54, 1.807) is 7.11 Å². The number of ether oxygens (including phenoxy) is 1. The molecule has 1 amide bonds. The van der Waals surface area contributed by atoms with Crippen LogP contribution in [0.1, 0.15) is 18.4 Å². The number of piperidine rings is 1. The number of hydrogen-bond acceptors (Lipinski definition) is 3. The zero-order chi connectivity index (χ0) is 15.1. The highest BCUT2D eigenvalue weighted by Crippen LogP contribution is 2.28. The lowest BCUT2D eigenvalue weighted by Crippen LogP contribution is -2.47. The summed E-state index contributed by atoms with van der Waals surface area (Å²) in [5.41, 5.74) is 0.996. The van der Waals surface area contributed by atoms with Gasteiger partial charge in [-0.1, -0.05) is 23.7 Å². The highest BCUT2D eigenvalue weighted by atomic mass is 35.5. The van der Waals surface area contributed by atoms with Crippen LogP contribution >= 0.6 is 24.0 Å². The summed E-state index contributed by atoms with van der Waals surface area (Å²) in [7, 11) is 1.72. The minimum absolute atomic E-state index is 0. The van der Waals surface area contributed by atoms with E-state index in [0.717, 1.165) is 31.5 Å². The Morgan fingerprint density at radius 3 is 2.77 bits per heavy atom. The highest BCUT2D eigenvalue weighted by molar-refractivity contribution is 6.30. The van der Waals surface area contributed by atoms with E-state index >= 15 is 0 Å². The Bertz CT molecular complexity index is 471. The van der Waals surface area contributed by atoms with Crippen molar-refractivity contribution in [2.75, 3.05) is 33.4 Å². The molecule has 1 aromatic rings. The Hall–Kier alpha value is -0.810. The lowest BCUT2D eigenvalue weighted by Gasteiger charge is -2.37. The molecule has 0 spiro atoms. The molecule has 0 aliphatic carbocycles. The van der Waals surface area contributed by atoms with Crippen molar-refractivity contribution in [2.24, 2.45) is 5.41 Å². The molecule has 0 bridgehead atoms. The summed E-state index contributed by atoms with van der Waals surface area (Å²) in [4.78, 5) is 12.1. The van der Waals surface area contributed by atoms with Crippen LogP contribution in [0.2, 0.25) is 5.02 Å². The number of benzene rings is 1. The largest absolute Gasteiger partial charge is 0.384 e. The van der Waals surface area contributed by atoms with Gasteiger partial charge in [-0.25, -0.2) is 0 Å². The normalized spacial score (nSPS) is 16.6. The number of hydrogen-bond donors (Lipinski definition) is 2. The molecule has 1 fully saturated rings. The van der Waals surface area contributed by atoms with Crippen molar-refractivity contribution in [1.82, 2.24) is 10.6 Å². The van der Waals surface area contributed by atoms with Gasteiger partial charge in [0.2, 0.25) is 5.91 Å². The molecule has 1 aliphatic rings. The predicted molar refractivity (Wildman–Crippen MR) is 91.8 cm³/mol. The van der Waals surface area contributed by atoms with Crippen LogP contribution in [0.3, 0.4) is 0 Å². The van der Waals surface area contributed by atoms with E-state index in [1.807, 2.05) is 24.3 Å². The average Bonchev–Trinajstić information content (AvgIpc) is 2.47. The van der Waals surface area contributed by atoms with Gasteiger partial charge in [-0.15, -0.1) is 12.4 Å². The quantitative estimate of drug-likeness (QED) is 0.831. The standard InChI is InChI=1S/C16H23ClN2O2.ClH/c1-21-12-16(5-7-18-8-6-16)11-19-15(20)10-13-3-2-4-14(17)9-13;/h2-4,9,18H,5-8,10-12H2,1H3,(H,19,20);1H. The molecule has 0 aromatic heterocycles. The summed E-state index contributed by atoms with van der Waals surface area (Å²) in [6, 6.07) is 7.42. The molecule has 1 heterocycles. The zero-order valence-corrected chi connectivity index (χ0v) is 14.4. The van der Waals surface area contributed by atoms with Crippen molar-refractivity contribution in [2.45, 2.75) is 19.3 Å². The van der Waals surface area contributed by atoms with Crippen LogP contribution in [-0.4, -0.2) is 39.3 Å². The number of methoxy groups -OCH3 is 1. The van der Waals surface area contributed by atoms with Crippen LogP contribution in [0.25, 0.3) is 0 Å². The average molecular weight is 347 g/mol. The maximum Gasteiger partial charge on any atom is 0.224 e. The summed E-state index contributed by atoms with van der Waals surface area (Å²) in [5.74, 6) is 0.0336. The van der Waals surface area contributed by atoms with Crippen molar-refractivity contribution < 1.29 is 9.53 Å². The van der Waals surface area contributed by atoms with Gasteiger partial charge >= 0.3 is 0 Å². The van der Waals surface area contributed by atoms with Gasteiger partial charge in [0.15, 0.2) is 0 Å².